The fourth-order valence-electron chi connectivity index (χ4n) is 4.88. The van der Waals surface area contributed by atoms with Gasteiger partial charge in [0.25, 0.3) is 5.56 Å². The maximum atomic E-state index is 13.8. The van der Waals surface area contributed by atoms with Gasteiger partial charge in [0, 0.05) is 42.9 Å². The molecule has 5 rings (SSSR count). The van der Waals surface area contributed by atoms with Crippen LogP contribution in [0.5, 0.6) is 5.75 Å². The molecular formula is C28H27ClF3N5O4. The van der Waals surface area contributed by atoms with Gasteiger partial charge < -0.3 is 14.8 Å². The maximum Gasteiger partial charge on any atom is 0.395 e. The minimum absolute atomic E-state index is 0.0333. The standard InChI is InChI=1S/C28H27ClF3N5O4/c1-15(40-3)8-24(27(39)33-19-6-7-22-23(11-19)35-36(2)34-22)37-13-25-21(12-26(37)38)20-10-18(29)5-4-16(20)9-17(14-41-25)28(30,31)32/h4-7,10-13,15,17,24H,8-9,14H2,1-3H3,(H,33,39)/t15-,17+,24?/m0/s1. The molecule has 2 aromatic heterocycles. The van der Waals surface area contributed by atoms with Crippen LogP contribution in [-0.4, -0.2) is 51.5 Å². The van der Waals surface area contributed by atoms with Crippen molar-refractivity contribution >= 4 is 34.2 Å². The topological polar surface area (TPSA) is 100 Å². The Morgan fingerprint density at radius 2 is 1.93 bits per heavy atom. The normalized spacial score (nSPS) is 16.6. The van der Waals surface area contributed by atoms with E-state index in [-0.39, 0.29) is 18.6 Å². The average molecular weight is 590 g/mol. The first kappa shape index (κ1) is 28.6. The summed E-state index contributed by atoms with van der Waals surface area (Å²) in [4.78, 5) is 28.5. The van der Waals surface area contributed by atoms with Crippen molar-refractivity contribution in [1.29, 1.82) is 0 Å². The van der Waals surface area contributed by atoms with E-state index < -0.39 is 42.3 Å². The lowest BCUT2D eigenvalue weighted by atomic mass is 9.91. The summed E-state index contributed by atoms with van der Waals surface area (Å²) in [6.45, 7) is 1.09. The molecule has 1 aliphatic rings. The summed E-state index contributed by atoms with van der Waals surface area (Å²) < 4.78 is 53.7. The molecule has 2 aromatic carbocycles. The number of methoxy groups -OCH3 is 1. The quantitative estimate of drug-likeness (QED) is 0.333. The lowest BCUT2D eigenvalue weighted by Gasteiger charge is -2.28. The average Bonchev–Trinajstić information content (AvgIpc) is 3.28. The number of carbonyl (C=O) groups is 1. The Balaban J connectivity index is 1.56. The lowest BCUT2D eigenvalue weighted by molar-refractivity contribution is -0.181. The molecule has 0 saturated heterocycles. The predicted octanol–water partition coefficient (Wildman–Crippen LogP) is 5.17. The molecule has 0 fully saturated rings. The largest absolute Gasteiger partial charge is 0.491 e. The van der Waals surface area contributed by atoms with Gasteiger partial charge in [-0.3, -0.25) is 14.2 Å². The van der Waals surface area contributed by atoms with Crippen molar-refractivity contribution in [3.05, 3.63) is 69.6 Å². The number of nitrogens with zero attached hydrogens (tertiary/aromatic N) is 4. The second kappa shape index (κ2) is 11.2. The van der Waals surface area contributed by atoms with Crippen LogP contribution in [-0.2, 0) is 23.0 Å². The van der Waals surface area contributed by atoms with Crippen LogP contribution in [0.3, 0.4) is 0 Å². The van der Waals surface area contributed by atoms with Crippen molar-refractivity contribution in [2.24, 2.45) is 13.0 Å². The molecule has 3 atom stereocenters. The van der Waals surface area contributed by atoms with Crippen molar-refractivity contribution in [3.63, 3.8) is 0 Å². The highest BCUT2D eigenvalue weighted by atomic mass is 35.5. The molecule has 0 saturated carbocycles. The number of pyridine rings is 1. The molecule has 1 unspecified atom stereocenters. The van der Waals surface area contributed by atoms with Crippen molar-refractivity contribution in [3.8, 4) is 16.9 Å². The van der Waals surface area contributed by atoms with E-state index in [2.05, 4.69) is 15.5 Å². The number of rotatable bonds is 6. The minimum atomic E-state index is -4.51. The number of ether oxygens (including phenoxy) is 2. The third-order valence-electron chi connectivity index (χ3n) is 7.12. The molecule has 0 radical (unpaired) electrons. The molecule has 1 N–H and O–H groups in total. The Bertz CT molecular complexity index is 1670. The number of nitrogens with one attached hydrogen (secondary N) is 1. The maximum absolute atomic E-state index is 13.8. The predicted molar refractivity (Wildman–Crippen MR) is 147 cm³/mol. The van der Waals surface area contributed by atoms with Crippen molar-refractivity contribution in [1.82, 2.24) is 19.6 Å². The highest BCUT2D eigenvalue weighted by molar-refractivity contribution is 6.30. The number of hydrogen-bond donors (Lipinski definition) is 1. The molecule has 0 bridgehead atoms. The summed E-state index contributed by atoms with van der Waals surface area (Å²) >= 11 is 6.19. The Hall–Kier alpha value is -3.90. The van der Waals surface area contributed by atoms with Crippen LogP contribution in [0, 0.1) is 5.92 Å². The molecule has 0 spiro atoms. The molecule has 1 aliphatic heterocycles. The van der Waals surface area contributed by atoms with E-state index >= 15 is 0 Å². The van der Waals surface area contributed by atoms with Gasteiger partial charge in [-0.05, 0) is 54.8 Å². The highest BCUT2D eigenvalue weighted by Crippen LogP contribution is 2.40. The summed E-state index contributed by atoms with van der Waals surface area (Å²) in [6.07, 6.45) is -3.88. The lowest BCUT2D eigenvalue weighted by Crippen LogP contribution is -2.36. The van der Waals surface area contributed by atoms with Gasteiger partial charge in [-0.25, -0.2) is 0 Å². The molecule has 9 nitrogen and oxygen atoms in total. The van der Waals surface area contributed by atoms with E-state index in [0.717, 1.165) is 0 Å². The third-order valence-corrected chi connectivity index (χ3v) is 7.35. The number of fused-ring (bicyclic) bond motifs is 4. The second-order valence-corrected chi connectivity index (χ2v) is 10.5. The number of benzene rings is 2. The number of alkyl halides is 3. The summed E-state index contributed by atoms with van der Waals surface area (Å²) in [6, 6.07) is 9.77. The van der Waals surface area contributed by atoms with E-state index in [4.69, 9.17) is 21.1 Å². The summed E-state index contributed by atoms with van der Waals surface area (Å²) in [5.74, 6) is -2.27. The zero-order valence-corrected chi connectivity index (χ0v) is 23.2. The number of halogens is 4. The summed E-state index contributed by atoms with van der Waals surface area (Å²) in [7, 11) is 3.16. The molecule has 41 heavy (non-hydrogen) atoms. The third kappa shape index (κ3) is 6.08. The Morgan fingerprint density at radius 3 is 2.66 bits per heavy atom. The molecular weight excluding hydrogens is 563 g/mol. The molecule has 3 heterocycles. The van der Waals surface area contributed by atoms with Crippen LogP contribution in [0.25, 0.3) is 22.2 Å². The van der Waals surface area contributed by atoms with Gasteiger partial charge in [0.1, 0.15) is 29.4 Å². The van der Waals surface area contributed by atoms with E-state index in [9.17, 15) is 22.8 Å². The molecule has 13 heteroatoms. The van der Waals surface area contributed by atoms with Gasteiger partial charge in [-0.1, -0.05) is 17.7 Å². The van der Waals surface area contributed by atoms with E-state index in [1.54, 1.807) is 32.2 Å². The summed E-state index contributed by atoms with van der Waals surface area (Å²) in [5, 5.41) is 11.6. The highest BCUT2D eigenvalue weighted by Gasteiger charge is 2.41. The number of carbonyl (C=O) groups excluding carboxylic acids is 1. The minimum Gasteiger partial charge on any atom is -0.491 e. The van der Waals surface area contributed by atoms with E-state index in [0.29, 0.717) is 38.4 Å². The van der Waals surface area contributed by atoms with Crippen LogP contribution >= 0.6 is 11.6 Å². The van der Waals surface area contributed by atoms with Crippen molar-refractivity contribution < 1.29 is 27.4 Å². The number of aromatic nitrogens is 4. The fraction of sp³-hybridized carbons (Fsp3) is 0.357. The first-order valence-corrected chi connectivity index (χ1v) is 13.2. The van der Waals surface area contributed by atoms with Crippen molar-refractivity contribution in [2.45, 2.75) is 38.1 Å². The fourth-order valence-corrected chi connectivity index (χ4v) is 5.06. The number of amides is 1. The Kier molecular flexibility index (Phi) is 7.80. The SMILES string of the molecule is CO[C@@H](C)CC(C(=O)Nc1ccc2nn(C)nc2c1)n1cc2c(cc1=O)-c1cc(Cl)ccc1C[C@@H](C(F)(F)F)CO2. The molecule has 216 valence electrons. The zero-order valence-electron chi connectivity index (χ0n) is 22.4. The van der Waals surface area contributed by atoms with Crippen LogP contribution in [0.15, 0.2) is 53.5 Å². The number of aryl methyl sites for hydroxylation is 1. The molecule has 4 aromatic rings. The van der Waals surface area contributed by atoms with Gasteiger partial charge in [-0.15, -0.1) is 0 Å². The Labute approximate surface area is 237 Å². The van der Waals surface area contributed by atoms with Gasteiger partial charge >= 0.3 is 6.18 Å². The van der Waals surface area contributed by atoms with Crippen LogP contribution in [0.1, 0.15) is 24.9 Å². The zero-order chi connectivity index (χ0) is 29.5. The van der Waals surface area contributed by atoms with E-state index in [1.165, 1.54) is 46.9 Å². The molecule has 0 aliphatic carbocycles. The smallest absolute Gasteiger partial charge is 0.395 e. The summed E-state index contributed by atoms with van der Waals surface area (Å²) in [5.41, 5.74) is 2.16. The van der Waals surface area contributed by atoms with Gasteiger partial charge in [0.2, 0.25) is 5.91 Å². The second-order valence-electron chi connectivity index (χ2n) is 10.0. The monoisotopic (exact) mass is 589 g/mol. The Morgan fingerprint density at radius 1 is 1.17 bits per heavy atom. The van der Waals surface area contributed by atoms with E-state index in [1.807, 2.05) is 0 Å². The van der Waals surface area contributed by atoms with Crippen LogP contribution < -0.4 is 15.6 Å². The van der Waals surface area contributed by atoms with Crippen LogP contribution in [0.2, 0.25) is 5.02 Å². The van der Waals surface area contributed by atoms with Gasteiger partial charge in [-0.2, -0.15) is 28.2 Å². The van der Waals surface area contributed by atoms with Gasteiger partial charge in [0.15, 0.2) is 0 Å². The molecule has 1 amide bonds. The first-order chi connectivity index (χ1) is 19.4. The van der Waals surface area contributed by atoms with Crippen molar-refractivity contribution in [2.75, 3.05) is 19.0 Å². The first-order valence-electron chi connectivity index (χ1n) is 12.8. The number of hydrogen-bond acceptors (Lipinski definition) is 6. The van der Waals surface area contributed by atoms with Crippen LogP contribution in [0.4, 0.5) is 18.9 Å². The number of anilines is 1. The van der Waals surface area contributed by atoms with Gasteiger partial charge in [0.05, 0.1) is 18.2 Å².